The summed E-state index contributed by atoms with van der Waals surface area (Å²) in [6.07, 6.45) is 8.11. The standard InChI is InChI=1S/C31H36FN7O2S2/c1-5-25-29(36(3)30-35-27(26(19-33)42-30)22-6-8-23(32)9-7-22)39-20-24(18-21(2)28(39)34-25)37-14-10-31(11-15-37)12-16-38(17-13-31)43(4,40)41/h6-9,18,20H,5,10-17H2,1-4H3. The van der Waals surface area contributed by atoms with Crippen molar-refractivity contribution in [1.82, 2.24) is 18.7 Å². The van der Waals surface area contributed by atoms with Gasteiger partial charge in [-0.3, -0.25) is 4.40 Å². The second-order valence-electron chi connectivity index (χ2n) is 11.8. The molecule has 1 spiro atoms. The van der Waals surface area contributed by atoms with Crippen molar-refractivity contribution in [2.75, 3.05) is 49.3 Å². The van der Waals surface area contributed by atoms with Crippen molar-refractivity contribution in [3.05, 3.63) is 58.5 Å². The number of fused-ring (bicyclic) bond motifs is 1. The van der Waals surface area contributed by atoms with Gasteiger partial charge in [-0.2, -0.15) is 5.26 Å². The van der Waals surface area contributed by atoms with Gasteiger partial charge in [-0.15, -0.1) is 0 Å². The second kappa shape index (κ2) is 11.2. The first-order chi connectivity index (χ1) is 20.5. The lowest BCUT2D eigenvalue weighted by atomic mass is 9.71. The maximum Gasteiger partial charge on any atom is 0.211 e. The first-order valence-corrected chi connectivity index (χ1v) is 17.3. The molecule has 226 valence electrons. The normalized spacial score (nSPS) is 17.4. The molecule has 9 nitrogen and oxygen atoms in total. The Kier molecular flexibility index (Phi) is 7.69. The van der Waals surface area contributed by atoms with E-state index in [4.69, 9.17) is 9.97 Å². The number of thiazole rings is 1. The van der Waals surface area contributed by atoms with E-state index in [1.165, 1.54) is 29.7 Å². The zero-order chi connectivity index (χ0) is 30.5. The smallest absolute Gasteiger partial charge is 0.211 e. The van der Waals surface area contributed by atoms with Crippen LogP contribution >= 0.6 is 11.3 Å². The molecule has 2 aliphatic rings. The molecule has 0 N–H and O–H groups in total. The van der Waals surface area contributed by atoms with Crippen molar-refractivity contribution >= 4 is 43.6 Å². The van der Waals surface area contributed by atoms with Gasteiger partial charge in [-0.05, 0) is 80.3 Å². The lowest BCUT2D eigenvalue weighted by Crippen LogP contribution is -2.48. The molecule has 0 saturated carbocycles. The topological polar surface area (TPSA) is 97.8 Å². The Bertz CT molecular complexity index is 1810. The van der Waals surface area contributed by atoms with Gasteiger partial charge < -0.3 is 9.80 Å². The fourth-order valence-corrected chi connectivity index (χ4v) is 8.24. The number of imidazole rings is 1. The van der Waals surface area contributed by atoms with Crippen LogP contribution in [0.4, 0.5) is 21.0 Å². The van der Waals surface area contributed by atoms with E-state index in [1.807, 2.05) is 11.9 Å². The third-order valence-corrected chi connectivity index (χ3v) is 11.5. The molecule has 0 atom stereocenters. The van der Waals surface area contributed by atoms with Gasteiger partial charge in [0.05, 0.1) is 17.6 Å². The fourth-order valence-electron chi connectivity index (χ4n) is 6.55. The van der Waals surface area contributed by atoms with Crippen molar-refractivity contribution < 1.29 is 12.8 Å². The molecule has 0 aliphatic carbocycles. The Balaban J connectivity index is 1.29. The third-order valence-electron chi connectivity index (χ3n) is 9.15. The molecule has 1 aromatic carbocycles. The maximum atomic E-state index is 13.6. The number of anilines is 3. The van der Waals surface area contributed by atoms with Crippen LogP contribution in [0.15, 0.2) is 36.5 Å². The van der Waals surface area contributed by atoms with E-state index in [0.29, 0.717) is 34.4 Å². The highest BCUT2D eigenvalue weighted by Crippen LogP contribution is 2.43. The molecule has 4 aromatic rings. The summed E-state index contributed by atoms with van der Waals surface area (Å²) in [4.78, 5) is 14.7. The van der Waals surface area contributed by atoms with Gasteiger partial charge >= 0.3 is 0 Å². The summed E-state index contributed by atoms with van der Waals surface area (Å²) < 4.78 is 41.3. The van der Waals surface area contributed by atoms with Crippen LogP contribution in [0.5, 0.6) is 0 Å². The van der Waals surface area contributed by atoms with Crippen LogP contribution < -0.4 is 9.80 Å². The number of piperidine rings is 2. The largest absolute Gasteiger partial charge is 0.370 e. The second-order valence-corrected chi connectivity index (χ2v) is 14.8. The number of benzene rings is 1. The molecule has 2 aliphatic heterocycles. The van der Waals surface area contributed by atoms with Gasteiger partial charge in [0.2, 0.25) is 10.0 Å². The summed E-state index contributed by atoms with van der Waals surface area (Å²) in [6.45, 7) is 7.24. The number of hydrogen-bond acceptors (Lipinski definition) is 8. The zero-order valence-electron chi connectivity index (χ0n) is 25.0. The predicted molar refractivity (Wildman–Crippen MR) is 169 cm³/mol. The van der Waals surface area contributed by atoms with Gasteiger partial charge in [0.1, 0.15) is 33.9 Å². The van der Waals surface area contributed by atoms with Crippen LogP contribution in [0.25, 0.3) is 16.9 Å². The summed E-state index contributed by atoms with van der Waals surface area (Å²) in [7, 11) is -1.18. The van der Waals surface area contributed by atoms with E-state index in [2.05, 4.69) is 41.5 Å². The van der Waals surface area contributed by atoms with Crippen LogP contribution in [-0.4, -0.2) is 66.6 Å². The van der Waals surface area contributed by atoms with Crippen molar-refractivity contribution in [3.8, 4) is 17.3 Å². The highest BCUT2D eigenvalue weighted by molar-refractivity contribution is 7.88. The van der Waals surface area contributed by atoms with Crippen molar-refractivity contribution in [1.29, 1.82) is 5.26 Å². The van der Waals surface area contributed by atoms with Crippen LogP contribution in [-0.2, 0) is 16.4 Å². The summed E-state index contributed by atoms with van der Waals surface area (Å²) in [5.74, 6) is 0.577. The Morgan fingerprint density at radius 1 is 1.09 bits per heavy atom. The van der Waals surface area contributed by atoms with Gasteiger partial charge in [0.15, 0.2) is 5.13 Å². The SMILES string of the molecule is CCc1nc2c(C)cc(N3CCC4(CC3)CCN(S(C)(=O)=O)CC4)cn2c1N(C)c1nc(-c2ccc(F)cc2)c(C#N)s1. The average molecular weight is 622 g/mol. The molecule has 0 radical (unpaired) electrons. The predicted octanol–water partition coefficient (Wildman–Crippen LogP) is 5.75. The average Bonchev–Trinajstić information content (AvgIpc) is 3.60. The molecular formula is C31H36FN7O2S2. The van der Waals surface area contributed by atoms with E-state index in [9.17, 15) is 18.1 Å². The molecule has 43 heavy (non-hydrogen) atoms. The summed E-state index contributed by atoms with van der Waals surface area (Å²) in [6, 6.07) is 10.5. The van der Waals surface area contributed by atoms with Crippen LogP contribution in [0.1, 0.15) is 48.7 Å². The van der Waals surface area contributed by atoms with Crippen LogP contribution in [0.2, 0.25) is 0 Å². The van der Waals surface area contributed by atoms with Crippen molar-refractivity contribution in [3.63, 3.8) is 0 Å². The number of aryl methyl sites for hydroxylation is 2. The Morgan fingerprint density at radius 3 is 2.35 bits per heavy atom. The Hall–Kier alpha value is -3.53. The number of sulfonamides is 1. The number of nitrogens with zero attached hydrogens (tertiary/aromatic N) is 7. The van der Waals surface area contributed by atoms with Gasteiger partial charge in [0, 0.05) is 45.0 Å². The molecule has 0 amide bonds. The molecular weight excluding hydrogens is 586 g/mol. The van der Waals surface area contributed by atoms with E-state index in [-0.39, 0.29) is 11.2 Å². The number of halogens is 1. The zero-order valence-corrected chi connectivity index (χ0v) is 26.6. The Labute approximate surface area is 256 Å². The van der Waals surface area contributed by atoms with Gasteiger partial charge in [0.25, 0.3) is 0 Å². The monoisotopic (exact) mass is 621 g/mol. The molecule has 2 fully saturated rings. The van der Waals surface area contributed by atoms with Gasteiger partial charge in [-0.25, -0.2) is 27.1 Å². The van der Waals surface area contributed by atoms with E-state index >= 15 is 0 Å². The summed E-state index contributed by atoms with van der Waals surface area (Å²) >= 11 is 1.31. The lowest BCUT2D eigenvalue weighted by Gasteiger charge is -2.47. The van der Waals surface area contributed by atoms with E-state index in [1.54, 1.807) is 16.4 Å². The number of aromatic nitrogens is 3. The van der Waals surface area contributed by atoms with Crippen LogP contribution in [0, 0.1) is 29.5 Å². The fraction of sp³-hybridized carbons (Fsp3) is 0.452. The minimum Gasteiger partial charge on any atom is -0.370 e. The molecule has 0 bridgehead atoms. The van der Waals surface area contributed by atoms with Crippen molar-refractivity contribution in [2.24, 2.45) is 5.41 Å². The molecule has 2 saturated heterocycles. The first-order valence-electron chi connectivity index (χ1n) is 14.6. The Morgan fingerprint density at radius 2 is 1.74 bits per heavy atom. The number of hydrogen-bond donors (Lipinski definition) is 0. The van der Waals surface area contributed by atoms with Crippen LogP contribution in [0.3, 0.4) is 0 Å². The van der Waals surface area contributed by atoms with E-state index in [0.717, 1.165) is 73.6 Å². The minimum atomic E-state index is -3.13. The highest BCUT2D eigenvalue weighted by Gasteiger charge is 2.39. The molecule has 12 heteroatoms. The number of pyridine rings is 1. The van der Waals surface area contributed by atoms with E-state index < -0.39 is 10.0 Å². The molecule has 6 rings (SSSR count). The number of nitriles is 1. The molecule has 0 unspecified atom stereocenters. The molecule has 3 aromatic heterocycles. The maximum absolute atomic E-state index is 13.6. The summed E-state index contributed by atoms with van der Waals surface area (Å²) in [5, 5.41) is 10.5. The third kappa shape index (κ3) is 5.50. The minimum absolute atomic E-state index is 0.206. The number of rotatable bonds is 6. The van der Waals surface area contributed by atoms with Gasteiger partial charge in [-0.1, -0.05) is 18.3 Å². The first kappa shape index (κ1) is 29.5. The quantitative estimate of drug-likeness (QED) is 0.271. The summed E-state index contributed by atoms with van der Waals surface area (Å²) in [5.41, 5.74) is 5.49. The lowest BCUT2D eigenvalue weighted by molar-refractivity contribution is 0.119. The highest BCUT2D eigenvalue weighted by atomic mass is 32.2. The van der Waals surface area contributed by atoms with Crippen molar-refractivity contribution in [2.45, 2.75) is 46.0 Å². The molecule has 5 heterocycles.